The Hall–Kier alpha value is -4.67. The van der Waals surface area contributed by atoms with Crippen molar-refractivity contribution in [3.05, 3.63) is 94.0 Å². The highest BCUT2D eigenvalue weighted by Gasteiger charge is 2.29. The molecule has 2 aliphatic heterocycles. The van der Waals surface area contributed by atoms with E-state index in [1.54, 1.807) is 24.2 Å². The van der Waals surface area contributed by atoms with Gasteiger partial charge in [0.1, 0.15) is 23.9 Å². The molecule has 47 heavy (non-hydrogen) atoms. The number of carbonyl (C=O) groups excluding carboxylic acids is 1. The lowest BCUT2D eigenvalue weighted by Crippen LogP contribution is -2.46. The average Bonchev–Trinajstić information content (AvgIpc) is 3.24. The van der Waals surface area contributed by atoms with E-state index in [1.807, 2.05) is 54.7 Å². The smallest absolute Gasteiger partial charge is 0.274 e. The summed E-state index contributed by atoms with van der Waals surface area (Å²) in [7, 11) is 1.70. The van der Waals surface area contributed by atoms with Crippen LogP contribution in [-0.2, 0) is 19.1 Å². The summed E-state index contributed by atoms with van der Waals surface area (Å²) in [6, 6.07) is 17.1. The molecule has 0 bridgehead atoms. The minimum Gasteiger partial charge on any atom is -0.491 e. The first-order valence-corrected chi connectivity index (χ1v) is 16.3. The summed E-state index contributed by atoms with van der Waals surface area (Å²) in [4.78, 5) is 38.2. The summed E-state index contributed by atoms with van der Waals surface area (Å²) in [5.74, 6) is 0.949. The Labute approximate surface area is 276 Å². The summed E-state index contributed by atoms with van der Waals surface area (Å²) >= 11 is 0. The molecular formula is C37H44N6O4. The molecule has 1 fully saturated rings. The van der Waals surface area contributed by atoms with Crippen molar-refractivity contribution in [3.8, 4) is 16.9 Å². The molecule has 1 amide bonds. The Kier molecular flexibility index (Phi) is 9.07. The molecule has 0 aliphatic carbocycles. The van der Waals surface area contributed by atoms with Crippen molar-refractivity contribution >= 4 is 28.8 Å². The van der Waals surface area contributed by atoms with Gasteiger partial charge in [-0.25, -0.2) is 4.98 Å². The highest BCUT2D eigenvalue weighted by atomic mass is 16.5. The number of aliphatic hydroxyl groups excluding tert-OH is 1. The molecule has 2 aromatic heterocycles. The van der Waals surface area contributed by atoms with E-state index in [4.69, 9.17) is 4.74 Å². The van der Waals surface area contributed by atoms with Crippen LogP contribution in [0.1, 0.15) is 49.2 Å². The maximum Gasteiger partial charge on any atom is 0.274 e. The van der Waals surface area contributed by atoms with Crippen LogP contribution in [0.3, 0.4) is 0 Å². The van der Waals surface area contributed by atoms with Crippen molar-refractivity contribution in [2.45, 2.75) is 39.7 Å². The number of hydrogen-bond acceptors (Lipinski definition) is 8. The molecular weight excluding hydrogens is 592 g/mol. The van der Waals surface area contributed by atoms with Gasteiger partial charge in [-0.2, -0.15) is 0 Å². The van der Waals surface area contributed by atoms with Gasteiger partial charge < -0.3 is 34.4 Å². The number of amides is 1. The van der Waals surface area contributed by atoms with E-state index in [2.05, 4.69) is 47.8 Å². The molecule has 0 unspecified atom stereocenters. The summed E-state index contributed by atoms with van der Waals surface area (Å²) in [5, 5.41) is 13.9. The van der Waals surface area contributed by atoms with Crippen molar-refractivity contribution in [1.29, 1.82) is 0 Å². The number of benzene rings is 2. The summed E-state index contributed by atoms with van der Waals surface area (Å²) in [6.07, 6.45) is 3.59. The molecule has 10 nitrogen and oxygen atoms in total. The third-order valence-electron chi connectivity index (χ3n) is 9.19. The molecule has 0 saturated carbocycles. The number of aromatic nitrogens is 2. The standard InChI is InChI=1S/C37H44N6O4/c1-6-41-14-16-42(17-15-41)27-11-13-34(38-22-27)39-31-20-25(23-40(5)36(31)46)28-8-7-9-32(30(28)24-44)43-18-19-47-33-21-26(37(2,3)4)10-12-29(33)35(43)45/h7-13,20-23,44H,6,14-19,24H2,1-5H3,(H,38,39). The number of anilines is 4. The van der Waals surface area contributed by atoms with Gasteiger partial charge in [0.05, 0.1) is 36.3 Å². The number of hydrogen-bond donors (Lipinski definition) is 2. The summed E-state index contributed by atoms with van der Waals surface area (Å²) in [5.41, 5.74) is 5.34. The van der Waals surface area contributed by atoms with Gasteiger partial charge in [0.15, 0.2) is 0 Å². The number of carbonyl (C=O) groups is 1. The zero-order valence-corrected chi connectivity index (χ0v) is 27.9. The molecule has 4 heterocycles. The van der Waals surface area contributed by atoms with E-state index in [0.717, 1.165) is 55.1 Å². The molecule has 0 radical (unpaired) electrons. The van der Waals surface area contributed by atoms with Crippen molar-refractivity contribution in [2.24, 2.45) is 7.05 Å². The van der Waals surface area contributed by atoms with Gasteiger partial charge >= 0.3 is 0 Å². The number of aliphatic hydroxyl groups is 1. The predicted octanol–water partition coefficient (Wildman–Crippen LogP) is 5.16. The van der Waals surface area contributed by atoms with Gasteiger partial charge in [-0.15, -0.1) is 0 Å². The highest BCUT2D eigenvalue weighted by Crippen LogP contribution is 2.36. The number of nitrogens with one attached hydrogen (secondary N) is 1. The van der Waals surface area contributed by atoms with E-state index in [0.29, 0.717) is 47.2 Å². The Bertz CT molecular complexity index is 1820. The lowest BCUT2D eigenvalue weighted by molar-refractivity contribution is 0.0989. The number of fused-ring (bicyclic) bond motifs is 1. The Morgan fingerprint density at radius 1 is 0.957 bits per heavy atom. The van der Waals surface area contributed by atoms with Crippen molar-refractivity contribution < 1.29 is 14.6 Å². The fourth-order valence-corrected chi connectivity index (χ4v) is 6.33. The number of pyridine rings is 2. The molecule has 10 heteroatoms. The van der Waals surface area contributed by atoms with Crippen LogP contribution in [0.5, 0.6) is 5.75 Å². The van der Waals surface area contributed by atoms with Crippen LogP contribution < -0.4 is 25.4 Å². The van der Waals surface area contributed by atoms with Crippen molar-refractivity contribution in [2.75, 3.05) is 61.0 Å². The third kappa shape index (κ3) is 6.61. The molecule has 6 rings (SSSR count). The van der Waals surface area contributed by atoms with Crippen molar-refractivity contribution in [1.82, 2.24) is 14.5 Å². The Morgan fingerprint density at radius 3 is 2.43 bits per heavy atom. The SMILES string of the molecule is CCN1CCN(c2ccc(Nc3cc(-c4cccc(N5CCOc6cc(C(C)(C)C)ccc6C5=O)c4CO)cn(C)c3=O)nc2)CC1. The van der Waals surface area contributed by atoms with Crippen LogP contribution in [0.4, 0.5) is 22.9 Å². The van der Waals surface area contributed by atoms with Crippen LogP contribution in [0.15, 0.2) is 71.8 Å². The molecule has 0 spiro atoms. The van der Waals surface area contributed by atoms with Gasteiger partial charge in [0, 0.05) is 50.6 Å². The summed E-state index contributed by atoms with van der Waals surface area (Å²) < 4.78 is 7.58. The molecule has 2 N–H and O–H groups in total. The summed E-state index contributed by atoms with van der Waals surface area (Å²) in [6.45, 7) is 13.9. The van der Waals surface area contributed by atoms with Crippen LogP contribution in [0, 0.1) is 0 Å². The normalized spacial score (nSPS) is 15.7. The molecule has 4 aromatic rings. The van der Waals surface area contributed by atoms with E-state index >= 15 is 0 Å². The van der Waals surface area contributed by atoms with Crippen LogP contribution in [0.2, 0.25) is 0 Å². The first-order valence-electron chi connectivity index (χ1n) is 16.3. The Morgan fingerprint density at radius 2 is 1.74 bits per heavy atom. The van der Waals surface area contributed by atoms with Gasteiger partial charge in [-0.1, -0.05) is 45.9 Å². The fourth-order valence-electron chi connectivity index (χ4n) is 6.33. The third-order valence-corrected chi connectivity index (χ3v) is 9.19. The Balaban J connectivity index is 1.29. The first-order chi connectivity index (χ1) is 22.6. The van der Waals surface area contributed by atoms with E-state index in [1.165, 1.54) is 4.57 Å². The average molecular weight is 637 g/mol. The lowest BCUT2D eigenvalue weighted by Gasteiger charge is -2.35. The van der Waals surface area contributed by atoms with E-state index < -0.39 is 0 Å². The first kappa shape index (κ1) is 32.3. The number of piperazine rings is 1. The predicted molar refractivity (Wildman–Crippen MR) is 187 cm³/mol. The molecule has 0 atom stereocenters. The van der Waals surface area contributed by atoms with Gasteiger partial charge in [0.2, 0.25) is 0 Å². The number of likely N-dealkylation sites (N-methyl/N-ethyl adjacent to an activating group) is 1. The maximum atomic E-state index is 13.9. The minimum atomic E-state index is -0.299. The van der Waals surface area contributed by atoms with Gasteiger partial charge in [0.25, 0.3) is 11.5 Å². The number of aryl methyl sites for hydroxylation is 1. The fraction of sp³-hybridized carbons (Fsp3) is 0.378. The molecule has 1 saturated heterocycles. The second-order valence-electron chi connectivity index (χ2n) is 13.2. The molecule has 2 aliphatic rings. The zero-order valence-electron chi connectivity index (χ0n) is 27.9. The largest absolute Gasteiger partial charge is 0.491 e. The highest BCUT2D eigenvalue weighted by molar-refractivity contribution is 6.09. The van der Waals surface area contributed by atoms with Gasteiger partial charge in [-0.05, 0) is 59.5 Å². The number of nitrogens with zero attached hydrogens (tertiary/aromatic N) is 5. The quantitative estimate of drug-likeness (QED) is 0.287. The number of rotatable bonds is 7. The van der Waals surface area contributed by atoms with Crippen LogP contribution in [0.25, 0.3) is 11.1 Å². The molecule has 2 aromatic carbocycles. The monoisotopic (exact) mass is 636 g/mol. The zero-order chi connectivity index (χ0) is 33.3. The number of ether oxygens (including phenoxy) is 1. The lowest BCUT2D eigenvalue weighted by atomic mass is 9.86. The second kappa shape index (κ2) is 13.2. The van der Waals surface area contributed by atoms with E-state index in [9.17, 15) is 14.7 Å². The second-order valence-corrected chi connectivity index (χ2v) is 13.2. The topological polar surface area (TPSA) is 103 Å². The van der Waals surface area contributed by atoms with E-state index in [-0.39, 0.29) is 23.5 Å². The van der Waals surface area contributed by atoms with Crippen LogP contribution >= 0.6 is 0 Å². The molecule has 246 valence electrons. The van der Waals surface area contributed by atoms with Crippen molar-refractivity contribution in [3.63, 3.8) is 0 Å². The van der Waals surface area contributed by atoms with Gasteiger partial charge in [-0.3, -0.25) is 9.59 Å². The maximum absolute atomic E-state index is 13.9. The minimum absolute atomic E-state index is 0.0843. The van der Waals surface area contributed by atoms with Crippen LogP contribution in [-0.4, -0.2) is 71.3 Å².